The van der Waals surface area contributed by atoms with E-state index in [0.29, 0.717) is 16.6 Å². The molecule has 1 aromatic rings. The Kier molecular flexibility index (Phi) is 3.27. The summed E-state index contributed by atoms with van der Waals surface area (Å²) in [5.74, 6) is 0. The van der Waals surface area contributed by atoms with Crippen molar-refractivity contribution in [3.8, 4) is 0 Å². The monoisotopic (exact) mass is 251 g/mol. The predicted octanol–water partition coefficient (Wildman–Crippen LogP) is 0.710. The van der Waals surface area contributed by atoms with E-state index in [1.165, 1.54) is 16.9 Å². The van der Waals surface area contributed by atoms with Crippen LogP contribution in [0.5, 0.6) is 0 Å². The van der Waals surface area contributed by atoms with Gasteiger partial charge in [0, 0.05) is 0 Å². The van der Waals surface area contributed by atoms with E-state index < -0.39 is 0 Å². The van der Waals surface area contributed by atoms with Crippen molar-refractivity contribution in [1.29, 1.82) is 0 Å². The first-order chi connectivity index (χ1) is 5.15. The van der Waals surface area contributed by atoms with Gasteiger partial charge >= 0.3 is 84.4 Å². The van der Waals surface area contributed by atoms with Gasteiger partial charge in [0.05, 0.1) is 0 Å². The summed E-state index contributed by atoms with van der Waals surface area (Å²) in [5, 5.41) is 1.41. The Bertz CT molecular complexity index is 252. The summed E-state index contributed by atoms with van der Waals surface area (Å²) in [4.78, 5) is 0. The molecule has 1 aromatic carbocycles. The molecule has 0 saturated heterocycles. The zero-order valence-corrected chi connectivity index (χ0v) is 9.71. The first kappa shape index (κ1) is 9.41. The van der Waals surface area contributed by atoms with Gasteiger partial charge in [-0.05, 0) is 0 Å². The average Bonchev–Trinajstić information content (AvgIpc) is 1.99. The molecule has 60 valence electrons. The van der Waals surface area contributed by atoms with Crippen LogP contribution in [0.2, 0.25) is 10.0 Å². The minimum absolute atomic E-state index is 0.479. The SMILES string of the molecule is NCc1cc(Cl)c([AsH2])c(Cl)c1. The van der Waals surface area contributed by atoms with Crippen LogP contribution in [0.25, 0.3) is 0 Å². The second-order valence-corrected chi connectivity index (χ2v) is 4.20. The van der Waals surface area contributed by atoms with Crippen LogP contribution >= 0.6 is 23.2 Å². The van der Waals surface area contributed by atoms with Crippen molar-refractivity contribution >= 4 is 44.4 Å². The Labute approximate surface area is 84.4 Å². The number of benzene rings is 1. The molecule has 1 unspecified atom stereocenters. The first-order valence-corrected chi connectivity index (χ1v) is 5.05. The molecule has 0 heterocycles. The van der Waals surface area contributed by atoms with Gasteiger partial charge in [0.15, 0.2) is 0 Å². The topological polar surface area (TPSA) is 26.0 Å². The Morgan fingerprint density at radius 1 is 1.27 bits per heavy atom. The summed E-state index contributed by atoms with van der Waals surface area (Å²) in [6.45, 7) is 0.479. The van der Waals surface area contributed by atoms with Gasteiger partial charge in [-0.3, -0.25) is 0 Å². The minimum atomic E-state index is 0.479. The van der Waals surface area contributed by atoms with E-state index in [-0.39, 0.29) is 0 Å². The standard InChI is InChI=1S/C7H8AsCl2N/c8-7-5(9)1-4(3-11)2-6(7)10/h1-2H,3,8,11H2. The molecule has 0 spiro atoms. The maximum absolute atomic E-state index is 5.87. The number of hydrogen-bond acceptors (Lipinski definition) is 1. The predicted molar refractivity (Wildman–Crippen MR) is 52.5 cm³/mol. The molecule has 1 rings (SSSR count). The van der Waals surface area contributed by atoms with Gasteiger partial charge in [0.2, 0.25) is 0 Å². The molecule has 2 N–H and O–H groups in total. The van der Waals surface area contributed by atoms with E-state index in [2.05, 4.69) is 0 Å². The second kappa shape index (κ2) is 3.82. The Morgan fingerprint density at radius 2 is 1.73 bits per heavy atom. The molecule has 0 radical (unpaired) electrons. The van der Waals surface area contributed by atoms with Gasteiger partial charge in [-0.2, -0.15) is 0 Å². The van der Waals surface area contributed by atoms with E-state index in [1.807, 2.05) is 12.1 Å². The van der Waals surface area contributed by atoms with Crippen molar-refractivity contribution in [2.45, 2.75) is 6.54 Å². The van der Waals surface area contributed by atoms with Crippen LogP contribution in [0.1, 0.15) is 5.56 Å². The molecule has 0 aromatic heterocycles. The second-order valence-electron chi connectivity index (χ2n) is 2.18. The number of hydrogen-bond donors (Lipinski definition) is 1. The normalized spacial score (nSPS) is 10.2. The summed E-state index contributed by atoms with van der Waals surface area (Å²) < 4.78 is 0.970. The Hall–Kier alpha value is 0.318. The third kappa shape index (κ3) is 2.13. The van der Waals surface area contributed by atoms with Crippen LogP contribution in [0.15, 0.2) is 12.1 Å². The molecule has 0 aliphatic rings. The summed E-state index contributed by atoms with van der Waals surface area (Å²) in [7, 11) is 0. The van der Waals surface area contributed by atoms with Crippen molar-refractivity contribution in [3.05, 3.63) is 27.7 Å². The van der Waals surface area contributed by atoms with E-state index in [1.54, 1.807) is 0 Å². The summed E-state index contributed by atoms with van der Waals surface area (Å²) in [5.41, 5.74) is 6.40. The van der Waals surface area contributed by atoms with Crippen LogP contribution in [-0.4, -0.2) is 16.9 Å². The molecule has 0 fully saturated rings. The number of rotatable bonds is 1. The van der Waals surface area contributed by atoms with E-state index in [9.17, 15) is 0 Å². The van der Waals surface area contributed by atoms with Gasteiger partial charge in [-0.1, -0.05) is 0 Å². The first-order valence-electron chi connectivity index (χ1n) is 3.08. The molecule has 11 heavy (non-hydrogen) atoms. The van der Waals surface area contributed by atoms with Gasteiger partial charge in [-0.25, -0.2) is 0 Å². The van der Waals surface area contributed by atoms with Crippen molar-refractivity contribution in [2.24, 2.45) is 5.73 Å². The Balaban J connectivity index is 3.21. The van der Waals surface area contributed by atoms with Gasteiger partial charge in [-0.15, -0.1) is 0 Å². The third-order valence-corrected chi connectivity index (χ3v) is 4.07. The van der Waals surface area contributed by atoms with Crippen molar-refractivity contribution in [2.75, 3.05) is 0 Å². The molecule has 0 saturated carbocycles. The molecule has 1 atom stereocenters. The fraction of sp³-hybridized carbons (Fsp3) is 0.143. The average molecular weight is 252 g/mol. The van der Waals surface area contributed by atoms with Crippen molar-refractivity contribution in [1.82, 2.24) is 0 Å². The summed E-state index contributed by atoms with van der Waals surface area (Å²) in [6.07, 6.45) is 0. The van der Waals surface area contributed by atoms with Crippen LogP contribution in [0.3, 0.4) is 0 Å². The molecule has 0 bridgehead atoms. The van der Waals surface area contributed by atoms with E-state index in [4.69, 9.17) is 28.9 Å². The van der Waals surface area contributed by atoms with Crippen molar-refractivity contribution in [3.63, 3.8) is 0 Å². The number of nitrogens with two attached hydrogens (primary N) is 1. The Morgan fingerprint density at radius 3 is 2.09 bits per heavy atom. The fourth-order valence-corrected chi connectivity index (χ4v) is 1.64. The van der Waals surface area contributed by atoms with Crippen LogP contribution < -0.4 is 10.1 Å². The molecule has 1 nitrogen and oxygen atoms in total. The molecular weight excluding hydrogens is 244 g/mol. The van der Waals surface area contributed by atoms with E-state index in [0.717, 1.165) is 9.91 Å². The summed E-state index contributed by atoms with van der Waals surface area (Å²) in [6, 6.07) is 3.70. The molecular formula is C7H8AsCl2N. The molecule has 4 heteroatoms. The fourth-order valence-electron chi connectivity index (χ4n) is 0.755. The van der Waals surface area contributed by atoms with Crippen LogP contribution in [-0.2, 0) is 6.54 Å². The molecule has 0 amide bonds. The zero-order chi connectivity index (χ0) is 8.43. The van der Waals surface area contributed by atoms with Crippen LogP contribution in [0, 0.1) is 0 Å². The van der Waals surface area contributed by atoms with Gasteiger partial charge in [0.1, 0.15) is 0 Å². The zero-order valence-electron chi connectivity index (χ0n) is 5.77. The maximum atomic E-state index is 5.87. The van der Waals surface area contributed by atoms with Crippen LogP contribution in [0.4, 0.5) is 0 Å². The van der Waals surface area contributed by atoms with Gasteiger partial charge in [0.25, 0.3) is 0 Å². The molecule has 0 aliphatic heterocycles. The number of halogens is 2. The quantitative estimate of drug-likeness (QED) is 0.732. The molecule has 0 aliphatic carbocycles. The summed E-state index contributed by atoms with van der Waals surface area (Å²) >= 11 is 13.2. The third-order valence-electron chi connectivity index (χ3n) is 1.37. The van der Waals surface area contributed by atoms with E-state index >= 15 is 0 Å². The van der Waals surface area contributed by atoms with Crippen molar-refractivity contribution < 1.29 is 0 Å². The van der Waals surface area contributed by atoms with Gasteiger partial charge < -0.3 is 0 Å².